The number of carbonyl (C=O) groups excluding carboxylic acids is 1. The molecule has 0 saturated carbocycles. The van der Waals surface area contributed by atoms with Crippen molar-refractivity contribution in [2.45, 2.75) is 13.1 Å². The van der Waals surface area contributed by atoms with Crippen LogP contribution in [0.1, 0.15) is 21.5 Å². The standard InChI is InChI=1S/C25H28N4O3/c1-31-23-11-5-4-10-22(23)28-24-21(9-6-12-26-24)25(30)27-17-19-7-2-3-8-20(19)18-29-13-15-32-16-14-29/h2-12H,13-18H2,1H3,(H,26,28)(H,27,30). The smallest absolute Gasteiger partial charge is 0.255 e. The molecule has 2 heterocycles. The Labute approximate surface area is 188 Å². The monoisotopic (exact) mass is 432 g/mol. The van der Waals surface area contributed by atoms with E-state index in [2.05, 4.69) is 32.7 Å². The Morgan fingerprint density at radius 2 is 1.78 bits per heavy atom. The molecule has 0 aliphatic carbocycles. The summed E-state index contributed by atoms with van der Waals surface area (Å²) in [5.74, 6) is 0.981. The molecular weight excluding hydrogens is 404 g/mol. The van der Waals surface area contributed by atoms with Crippen molar-refractivity contribution >= 4 is 17.4 Å². The summed E-state index contributed by atoms with van der Waals surface area (Å²) in [5, 5.41) is 6.28. The Morgan fingerprint density at radius 3 is 2.59 bits per heavy atom. The van der Waals surface area contributed by atoms with E-state index < -0.39 is 0 Å². The fourth-order valence-corrected chi connectivity index (χ4v) is 3.72. The number of methoxy groups -OCH3 is 1. The molecule has 1 amide bonds. The lowest BCUT2D eigenvalue weighted by Crippen LogP contribution is -2.36. The van der Waals surface area contributed by atoms with Gasteiger partial charge in [-0.1, -0.05) is 36.4 Å². The van der Waals surface area contributed by atoms with Crippen molar-refractivity contribution in [3.63, 3.8) is 0 Å². The summed E-state index contributed by atoms with van der Waals surface area (Å²) in [4.78, 5) is 19.8. The second-order valence-corrected chi connectivity index (χ2v) is 7.56. The first kappa shape index (κ1) is 21.8. The summed E-state index contributed by atoms with van der Waals surface area (Å²) in [5.41, 5.74) is 3.55. The quantitative estimate of drug-likeness (QED) is 0.567. The minimum absolute atomic E-state index is 0.184. The van der Waals surface area contributed by atoms with Gasteiger partial charge in [0.15, 0.2) is 0 Å². The van der Waals surface area contributed by atoms with E-state index >= 15 is 0 Å². The van der Waals surface area contributed by atoms with E-state index in [0.29, 0.717) is 23.7 Å². The lowest BCUT2D eigenvalue weighted by Gasteiger charge is -2.27. The van der Waals surface area contributed by atoms with Gasteiger partial charge in [0.1, 0.15) is 11.6 Å². The van der Waals surface area contributed by atoms with E-state index in [1.54, 1.807) is 25.4 Å². The van der Waals surface area contributed by atoms with Gasteiger partial charge in [-0.15, -0.1) is 0 Å². The molecule has 7 nitrogen and oxygen atoms in total. The number of carbonyl (C=O) groups is 1. The van der Waals surface area contributed by atoms with Gasteiger partial charge in [-0.2, -0.15) is 0 Å². The van der Waals surface area contributed by atoms with Crippen molar-refractivity contribution < 1.29 is 14.3 Å². The molecule has 0 spiro atoms. The van der Waals surface area contributed by atoms with Crippen LogP contribution in [0.25, 0.3) is 0 Å². The molecule has 1 aliphatic rings. The van der Waals surface area contributed by atoms with Crippen LogP contribution in [0.3, 0.4) is 0 Å². The van der Waals surface area contributed by atoms with Gasteiger partial charge in [-0.25, -0.2) is 4.98 Å². The Hall–Kier alpha value is -3.42. The third-order valence-corrected chi connectivity index (χ3v) is 5.47. The van der Waals surface area contributed by atoms with Crippen LogP contribution in [-0.4, -0.2) is 49.2 Å². The number of ether oxygens (including phenoxy) is 2. The Balaban J connectivity index is 1.45. The second-order valence-electron chi connectivity index (χ2n) is 7.56. The molecule has 0 radical (unpaired) electrons. The number of aromatic nitrogens is 1. The molecule has 0 bridgehead atoms. The van der Waals surface area contributed by atoms with Crippen molar-refractivity contribution in [1.82, 2.24) is 15.2 Å². The third kappa shape index (κ3) is 5.43. The van der Waals surface area contributed by atoms with Crippen molar-refractivity contribution in [1.29, 1.82) is 0 Å². The molecule has 166 valence electrons. The maximum Gasteiger partial charge on any atom is 0.255 e. The van der Waals surface area contributed by atoms with E-state index in [0.717, 1.165) is 44.1 Å². The number of rotatable bonds is 8. The Morgan fingerprint density at radius 1 is 1.03 bits per heavy atom. The molecule has 7 heteroatoms. The Bertz CT molecular complexity index is 1050. The van der Waals surface area contributed by atoms with Gasteiger partial charge < -0.3 is 20.1 Å². The molecule has 3 aromatic rings. The molecule has 2 aromatic carbocycles. The molecule has 1 saturated heterocycles. The SMILES string of the molecule is COc1ccccc1Nc1ncccc1C(=O)NCc1ccccc1CN1CCOCC1. The highest BCUT2D eigenvalue weighted by molar-refractivity contribution is 5.99. The first-order valence-electron chi connectivity index (χ1n) is 10.7. The minimum atomic E-state index is -0.184. The zero-order chi connectivity index (χ0) is 22.2. The van der Waals surface area contributed by atoms with Gasteiger partial charge in [0.05, 0.1) is 31.6 Å². The number of para-hydroxylation sites is 2. The summed E-state index contributed by atoms with van der Waals surface area (Å²) < 4.78 is 10.8. The summed E-state index contributed by atoms with van der Waals surface area (Å²) >= 11 is 0. The number of nitrogens with one attached hydrogen (secondary N) is 2. The number of hydrogen-bond donors (Lipinski definition) is 2. The zero-order valence-corrected chi connectivity index (χ0v) is 18.2. The average Bonchev–Trinajstić information content (AvgIpc) is 2.84. The molecule has 2 N–H and O–H groups in total. The highest BCUT2D eigenvalue weighted by Crippen LogP contribution is 2.27. The van der Waals surface area contributed by atoms with Gasteiger partial charge in [0, 0.05) is 32.4 Å². The van der Waals surface area contributed by atoms with Crippen LogP contribution in [0.5, 0.6) is 5.75 Å². The predicted molar refractivity (Wildman–Crippen MR) is 124 cm³/mol. The predicted octanol–water partition coefficient (Wildman–Crippen LogP) is 3.60. The van der Waals surface area contributed by atoms with E-state index in [9.17, 15) is 4.79 Å². The number of amides is 1. The van der Waals surface area contributed by atoms with Crippen molar-refractivity contribution in [2.24, 2.45) is 0 Å². The van der Waals surface area contributed by atoms with Crippen molar-refractivity contribution in [2.75, 3.05) is 38.7 Å². The molecule has 0 unspecified atom stereocenters. The van der Waals surface area contributed by atoms with Gasteiger partial charge in [0.2, 0.25) is 0 Å². The van der Waals surface area contributed by atoms with Crippen LogP contribution in [0, 0.1) is 0 Å². The lowest BCUT2D eigenvalue weighted by molar-refractivity contribution is 0.0340. The maximum atomic E-state index is 13.0. The molecule has 4 rings (SSSR count). The summed E-state index contributed by atoms with van der Waals surface area (Å²) in [6.45, 7) is 4.68. The molecule has 0 atom stereocenters. The Kier molecular flexibility index (Phi) is 7.32. The average molecular weight is 433 g/mol. The molecular formula is C25H28N4O3. The topological polar surface area (TPSA) is 75.7 Å². The van der Waals surface area contributed by atoms with E-state index in [1.807, 2.05) is 36.4 Å². The first-order valence-corrected chi connectivity index (χ1v) is 10.7. The van der Waals surface area contributed by atoms with Crippen LogP contribution < -0.4 is 15.4 Å². The number of hydrogen-bond acceptors (Lipinski definition) is 6. The minimum Gasteiger partial charge on any atom is -0.495 e. The fourth-order valence-electron chi connectivity index (χ4n) is 3.72. The van der Waals surface area contributed by atoms with Crippen molar-refractivity contribution in [3.8, 4) is 5.75 Å². The normalized spacial score (nSPS) is 14.0. The molecule has 1 aromatic heterocycles. The molecule has 1 fully saturated rings. The zero-order valence-electron chi connectivity index (χ0n) is 18.2. The maximum absolute atomic E-state index is 13.0. The largest absolute Gasteiger partial charge is 0.495 e. The highest BCUT2D eigenvalue weighted by Gasteiger charge is 2.16. The summed E-state index contributed by atoms with van der Waals surface area (Å²) in [6, 6.07) is 19.3. The summed E-state index contributed by atoms with van der Waals surface area (Å²) in [6.07, 6.45) is 1.66. The number of morpholine rings is 1. The van der Waals surface area contributed by atoms with Crippen molar-refractivity contribution in [3.05, 3.63) is 83.6 Å². The lowest BCUT2D eigenvalue weighted by atomic mass is 10.1. The third-order valence-electron chi connectivity index (χ3n) is 5.47. The molecule has 1 aliphatic heterocycles. The second kappa shape index (κ2) is 10.7. The number of pyridine rings is 1. The number of anilines is 2. The van der Waals surface area contributed by atoms with Gasteiger partial charge in [0.25, 0.3) is 5.91 Å². The van der Waals surface area contributed by atoms with E-state index in [4.69, 9.17) is 9.47 Å². The van der Waals surface area contributed by atoms with Crippen LogP contribution in [0.2, 0.25) is 0 Å². The van der Waals surface area contributed by atoms with E-state index in [1.165, 1.54) is 5.56 Å². The van der Waals surface area contributed by atoms with Crippen LogP contribution in [0.4, 0.5) is 11.5 Å². The first-order chi connectivity index (χ1) is 15.7. The van der Waals surface area contributed by atoms with Crippen LogP contribution in [0.15, 0.2) is 66.9 Å². The number of benzene rings is 2. The van der Waals surface area contributed by atoms with E-state index in [-0.39, 0.29) is 5.91 Å². The molecule has 32 heavy (non-hydrogen) atoms. The summed E-state index contributed by atoms with van der Waals surface area (Å²) in [7, 11) is 1.61. The van der Waals surface area contributed by atoms with Crippen LogP contribution >= 0.6 is 0 Å². The fraction of sp³-hybridized carbons (Fsp3) is 0.280. The van der Waals surface area contributed by atoms with Crippen LogP contribution in [-0.2, 0) is 17.8 Å². The van der Waals surface area contributed by atoms with Gasteiger partial charge >= 0.3 is 0 Å². The van der Waals surface area contributed by atoms with Gasteiger partial charge in [-0.05, 0) is 35.4 Å². The highest BCUT2D eigenvalue weighted by atomic mass is 16.5. The number of nitrogens with zero attached hydrogens (tertiary/aromatic N) is 2. The van der Waals surface area contributed by atoms with Gasteiger partial charge in [-0.3, -0.25) is 9.69 Å².